The minimum absolute atomic E-state index is 0.127. The van der Waals surface area contributed by atoms with E-state index in [-0.39, 0.29) is 5.91 Å². The molecule has 2 N–H and O–H groups in total. The van der Waals surface area contributed by atoms with Crippen LogP contribution in [0.1, 0.15) is 21.2 Å². The van der Waals surface area contributed by atoms with E-state index in [2.05, 4.69) is 0 Å². The molecule has 0 spiro atoms. The van der Waals surface area contributed by atoms with Crippen LogP contribution < -0.4 is 5.73 Å². The monoisotopic (exact) mass is 250 g/mol. The van der Waals surface area contributed by atoms with Crippen molar-refractivity contribution >= 4 is 17.2 Å². The van der Waals surface area contributed by atoms with Crippen LogP contribution in [-0.2, 0) is 13.1 Å². The number of hydrogen-bond donors (Lipinski definition) is 1. The van der Waals surface area contributed by atoms with Crippen LogP contribution in [0.3, 0.4) is 0 Å². The zero-order valence-corrected chi connectivity index (χ0v) is 10.4. The average molecular weight is 250 g/mol. The van der Waals surface area contributed by atoms with E-state index >= 15 is 0 Å². The fourth-order valence-electron chi connectivity index (χ4n) is 1.50. The van der Waals surface area contributed by atoms with E-state index in [1.807, 2.05) is 17.5 Å². The molecule has 2 rings (SSSR count). The molecule has 4 nitrogen and oxygen atoms in total. The Morgan fingerprint density at radius 1 is 1.47 bits per heavy atom. The molecular formula is C12H14N2O2S. The van der Waals surface area contributed by atoms with Crippen molar-refractivity contribution < 1.29 is 9.21 Å². The number of nitrogens with two attached hydrogens (primary N) is 1. The van der Waals surface area contributed by atoms with Gasteiger partial charge < -0.3 is 15.1 Å². The summed E-state index contributed by atoms with van der Waals surface area (Å²) >= 11 is 1.63. The number of rotatable bonds is 4. The van der Waals surface area contributed by atoms with E-state index < -0.39 is 0 Å². The molecule has 0 aliphatic rings. The highest BCUT2D eigenvalue weighted by Crippen LogP contribution is 2.14. The van der Waals surface area contributed by atoms with Crippen molar-refractivity contribution in [3.05, 3.63) is 46.0 Å². The third-order valence-corrected chi connectivity index (χ3v) is 3.25. The summed E-state index contributed by atoms with van der Waals surface area (Å²) in [6, 6.07) is 7.36. The Kier molecular flexibility index (Phi) is 3.61. The summed E-state index contributed by atoms with van der Waals surface area (Å²) in [4.78, 5) is 14.8. The first-order chi connectivity index (χ1) is 8.20. The van der Waals surface area contributed by atoms with Gasteiger partial charge in [0.05, 0.1) is 13.1 Å². The van der Waals surface area contributed by atoms with Gasteiger partial charge in [-0.05, 0) is 23.6 Å². The van der Waals surface area contributed by atoms with Crippen molar-refractivity contribution in [1.29, 1.82) is 0 Å². The third kappa shape index (κ3) is 2.75. The molecule has 2 heterocycles. The highest BCUT2D eigenvalue weighted by atomic mass is 32.1. The van der Waals surface area contributed by atoms with Gasteiger partial charge in [0.1, 0.15) is 5.76 Å². The predicted molar refractivity (Wildman–Crippen MR) is 66.7 cm³/mol. The van der Waals surface area contributed by atoms with Gasteiger partial charge in [-0.1, -0.05) is 6.07 Å². The second-order valence-corrected chi connectivity index (χ2v) is 4.74. The van der Waals surface area contributed by atoms with Crippen molar-refractivity contribution in [2.75, 3.05) is 7.05 Å². The van der Waals surface area contributed by atoms with Crippen molar-refractivity contribution in [2.24, 2.45) is 5.73 Å². The average Bonchev–Trinajstić information content (AvgIpc) is 2.98. The molecule has 0 aliphatic heterocycles. The molecule has 17 heavy (non-hydrogen) atoms. The summed E-state index contributed by atoms with van der Waals surface area (Å²) in [7, 11) is 1.76. The van der Waals surface area contributed by atoms with Gasteiger partial charge in [-0.25, -0.2) is 0 Å². The van der Waals surface area contributed by atoms with E-state index in [0.29, 0.717) is 24.6 Å². The SMILES string of the molecule is CN(Cc1cccs1)C(=O)c1ccc(CN)o1. The molecule has 0 radical (unpaired) electrons. The van der Waals surface area contributed by atoms with E-state index in [0.717, 1.165) is 4.88 Å². The van der Waals surface area contributed by atoms with Crippen molar-refractivity contribution in [1.82, 2.24) is 4.90 Å². The van der Waals surface area contributed by atoms with Gasteiger partial charge >= 0.3 is 0 Å². The molecular weight excluding hydrogens is 236 g/mol. The van der Waals surface area contributed by atoms with Crippen LogP contribution in [0.15, 0.2) is 34.1 Å². The van der Waals surface area contributed by atoms with Crippen LogP contribution in [0, 0.1) is 0 Å². The third-order valence-electron chi connectivity index (χ3n) is 2.39. The molecule has 0 saturated carbocycles. The molecule has 0 saturated heterocycles. The lowest BCUT2D eigenvalue weighted by atomic mass is 10.3. The first-order valence-corrected chi connectivity index (χ1v) is 6.15. The van der Waals surface area contributed by atoms with Gasteiger partial charge in [0.25, 0.3) is 5.91 Å². The van der Waals surface area contributed by atoms with Crippen LogP contribution in [0.5, 0.6) is 0 Å². The van der Waals surface area contributed by atoms with Gasteiger partial charge in [-0.15, -0.1) is 11.3 Å². The molecule has 0 aromatic carbocycles. The van der Waals surface area contributed by atoms with Crippen molar-refractivity contribution in [2.45, 2.75) is 13.1 Å². The van der Waals surface area contributed by atoms with E-state index in [1.54, 1.807) is 35.4 Å². The molecule has 1 amide bonds. The Labute approximate surface area is 104 Å². The van der Waals surface area contributed by atoms with Gasteiger partial charge in [-0.2, -0.15) is 0 Å². The summed E-state index contributed by atoms with van der Waals surface area (Å²) in [6.07, 6.45) is 0. The van der Waals surface area contributed by atoms with Crippen LogP contribution in [0.4, 0.5) is 0 Å². The molecule has 0 atom stereocenters. The number of amides is 1. The van der Waals surface area contributed by atoms with Crippen LogP contribution in [-0.4, -0.2) is 17.9 Å². The standard InChI is InChI=1S/C12H14N2O2S/c1-14(8-10-3-2-6-17-10)12(15)11-5-4-9(7-13)16-11/h2-6H,7-8,13H2,1H3. The minimum atomic E-state index is -0.127. The largest absolute Gasteiger partial charge is 0.455 e. The zero-order valence-electron chi connectivity index (χ0n) is 9.55. The maximum absolute atomic E-state index is 12.0. The highest BCUT2D eigenvalue weighted by Gasteiger charge is 2.16. The van der Waals surface area contributed by atoms with E-state index in [1.165, 1.54) is 0 Å². The van der Waals surface area contributed by atoms with E-state index in [9.17, 15) is 4.79 Å². The summed E-state index contributed by atoms with van der Waals surface area (Å²) in [5.74, 6) is 0.834. The summed E-state index contributed by atoms with van der Waals surface area (Å²) in [5, 5.41) is 1.99. The first kappa shape index (κ1) is 11.9. The second kappa shape index (κ2) is 5.16. The number of carbonyl (C=O) groups is 1. The molecule has 2 aromatic heterocycles. The highest BCUT2D eigenvalue weighted by molar-refractivity contribution is 7.09. The summed E-state index contributed by atoms with van der Waals surface area (Å²) < 4.78 is 5.32. The zero-order chi connectivity index (χ0) is 12.3. The normalized spacial score (nSPS) is 10.5. The first-order valence-electron chi connectivity index (χ1n) is 5.27. The predicted octanol–water partition coefficient (Wildman–Crippen LogP) is 2.07. The van der Waals surface area contributed by atoms with Crippen LogP contribution in [0.2, 0.25) is 0 Å². The number of carbonyl (C=O) groups excluding carboxylic acids is 1. The summed E-state index contributed by atoms with van der Waals surface area (Å²) in [6.45, 7) is 0.900. The Balaban J connectivity index is 2.04. The molecule has 0 unspecified atom stereocenters. The molecule has 0 fully saturated rings. The Hall–Kier alpha value is -1.59. The fourth-order valence-corrected chi connectivity index (χ4v) is 2.26. The Bertz CT molecular complexity index is 490. The number of hydrogen-bond acceptors (Lipinski definition) is 4. The Morgan fingerprint density at radius 3 is 2.88 bits per heavy atom. The Morgan fingerprint density at radius 2 is 2.29 bits per heavy atom. The van der Waals surface area contributed by atoms with Gasteiger partial charge in [-0.3, -0.25) is 4.79 Å². The number of thiophene rings is 1. The quantitative estimate of drug-likeness (QED) is 0.903. The molecule has 5 heteroatoms. The van der Waals surface area contributed by atoms with Crippen molar-refractivity contribution in [3.8, 4) is 0 Å². The smallest absolute Gasteiger partial charge is 0.289 e. The maximum atomic E-state index is 12.0. The van der Waals surface area contributed by atoms with Crippen molar-refractivity contribution in [3.63, 3.8) is 0 Å². The minimum Gasteiger partial charge on any atom is -0.455 e. The molecule has 90 valence electrons. The fraction of sp³-hybridized carbons (Fsp3) is 0.250. The molecule has 2 aromatic rings. The number of nitrogens with zero attached hydrogens (tertiary/aromatic N) is 1. The topological polar surface area (TPSA) is 59.5 Å². The lowest BCUT2D eigenvalue weighted by Gasteiger charge is -2.14. The number of furan rings is 1. The lowest BCUT2D eigenvalue weighted by Crippen LogP contribution is -2.25. The van der Waals surface area contributed by atoms with Gasteiger partial charge in [0.2, 0.25) is 0 Å². The van der Waals surface area contributed by atoms with Crippen LogP contribution in [0.25, 0.3) is 0 Å². The van der Waals surface area contributed by atoms with Gasteiger partial charge in [0, 0.05) is 11.9 Å². The molecule has 0 bridgehead atoms. The van der Waals surface area contributed by atoms with E-state index in [4.69, 9.17) is 10.2 Å². The van der Waals surface area contributed by atoms with Crippen LogP contribution >= 0.6 is 11.3 Å². The molecule has 0 aliphatic carbocycles. The van der Waals surface area contributed by atoms with Gasteiger partial charge in [0.15, 0.2) is 5.76 Å². The second-order valence-electron chi connectivity index (χ2n) is 3.71. The summed E-state index contributed by atoms with van der Waals surface area (Å²) in [5.41, 5.74) is 5.43. The lowest BCUT2D eigenvalue weighted by molar-refractivity contribution is 0.0753. The maximum Gasteiger partial charge on any atom is 0.289 e.